The van der Waals surface area contributed by atoms with E-state index in [1.54, 1.807) is 6.26 Å². The van der Waals surface area contributed by atoms with E-state index in [4.69, 9.17) is 9.15 Å². The zero-order chi connectivity index (χ0) is 15.6. The van der Waals surface area contributed by atoms with Crippen molar-refractivity contribution < 1.29 is 13.9 Å². The summed E-state index contributed by atoms with van der Waals surface area (Å²) in [7, 11) is 0. The lowest BCUT2D eigenvalue weighted by Gasteiger charge is -2.15. The van der Waals surface area contributed by atoms with Crippen LogP contribution in [0.25, 0.3) is 0 Å². The van der Waals surface area contributed by atoms with E-state index < -0.39 is 0 Å². The monoisotopic (exact) mass is 312 g/mol. The molecule has 2 aromatic rings. The first-order valence-corrected chi connectivity index (χ1v) is 8.24. The Balaban J connectivity index is 1.44. The summed E-state index contributed by atoms with van der Waals surface area (Å²) >= 11 is 0. The van der Waals surface area contributed by atoms with Crippen LogP contribution in [0.2, 0.25) is 0 Å². The fraction of sp³-hybridized carbons (Fsp3) is 0.444. The summed E-state index contributed by atoms with van der Waals surface area (Å²) < 4.78 is 10.8. The van der Waals surface area contributed by atoms with Crippen molar-refractivity contribution in [3.05, 3.63) is 52.2 Å². The van der Waals surface area contributed by atoms with Crippen LogP contribution < -0.4 is 5.32 Å². The number of fused-ring (bicyclic) bond motifs is 2. The molecular formula is C18H20N2O3. The van der Waals surface area contributed by atoms with Gasteiger partial charge in [0.2, 0.25) is 0 Å². The third-order valence-electron chi connectivity index (χ3n) is 4.61. The van der Waals surface area contributed by atoms with Crippen molar-refractivity contribution in [2.24, 2.45) is 0 Å². The molecule has 1 amide bonds. The zero-order valence-corrected chi connectivity index (χ0v) is 13.1. The fourth-order valence-electron chi connectivity index (χ4n) is 3.34. The number of pyridine rings is 1. The largest absolute Gasteiger partial charge is 0.459 e. The standard InChI is InChI=1S/C18H20N2O3/c21-18(17-15-7-8-22-10-13(15)11-23-17)19-9-14-6-5-12-3-1-2-4-16(12)20-14/h5-6,11H,1-4,7-10H2,(H,19,21). The van der Waals surface area contributed by atoms with Gasteiger partial charge in [-0.3, -0.25) is 9.78 Å². The van der Waals surface area contributed by atoms with E-state index in [1.165, 1.54) is 24.1 Å². The summed E-state index contributed by atoms with van der Waals surface area (Å²) in [5.74, 6) is 0.244. The summed E-state index contributed by atoms with van der Waals surface area (Å²) in [4.78, 5) is 17.1. The summed E-state index contributed by atoms with van der Waals surface area (Å²) in [5, 5.41) is 2.92. The van der Waals surface area contributed by atoms with Gasteiger partial charge in [0.1, 0.15) is 0 Å². The van der Waals surface area contributed by atoms with Crippen LogP contribution in [-0.4, -0.2) is 17.5 Å². The number of carbonyl (C=O) groups excluding carboxylic acids is 1. The lowest BCUT2D eigenvalue weighted by atomic mass is 9.96. The minimum absolute atomic E-state index is 0.173. The Morgan fingerprint density at radius 1 is 1.17 bits per heavy atom. The van der Waals surface area contributed by atoms with E-state index in [0.29, 0.717) is 25.5 Å². The first-order valence-electron chi connectivity index (χ1n) is 8.24. The normalized spacial score (nSPS) is 16.5. The number of nitrogens with one attached hydrogen (secondary N) is 1. The Bertz CT molecular complexity index is 736. The molecule has 0 unspecified atom stereocenters. The Hall–Kier alpha value is -2.14. The molecule has 1 N–H and O–H groups in total. The molecule has 2 aromatic heterocycles. The van der Waals surface area contributed by atoms with Gasteiger partial charge >= 0.3 is 0 Å². The minimum Gasteiger partial charge on any atom is -0.459 e. The third kappa shape index (κ3) is 2.88. The van der Waals surface area contributed by atoms with Gasteiger partial charge in [-0.15, -0.1) is 0 Å². The van der Waals surface area contributed by atoms with Crippen LogP contribution in [0.5, 0.6) is 0 Å². The Labute approximate surface area is 135 Å². The highest BCUT2D eigenvalue weighted by molar-refractivity contribution is 5.93. The second-order valence-corrected chi connectivity index (χ2v) is 6.17. The van der Waals surface area contributed by atoms with Crippen molar-refractivity contribution in [2.75, 3.05) is 6.61 Å². The lowest BCUT2D eigenvalue weighted by Crippen LogP contribution is -2.25. The summed E-state index contributed by atoms with van der Waals surface area (Å²) in [6, 6.07) is 4.16. The fourth-order valence-corrected chi connectivity index (χ4v) is 3.34. The van der Waals surface area contributed by atoms with E-state index in [0.717, 1.165) is 36.1 Å². The van der Waals surface area contributed by atoms with Crippen molar-refractivity contribution >= 4 is 5.91 Å². The maximum Gasteiger partial charge on any atom is 0.287 e. The number of hydrogen-bond donors (Lipinski definition) is 1. The van der Waals surface area contributed by atoms with Crippen LogP contribution in [-0.2, 0) is 37.2 Å². The minimum atomic E-state index is -0.173. The molecule has 4 rings (SSSR count). The number of furan rings is 1. The number of hydrogen-bond acceptors (Lipinski definition) is 4. The molecule has 1 aliphatic heterocycles. The van der Waals surface area contributed by atoms with Gasteiger partial charge in [-0.1, -0.05) is 6.07 Å². The molecule has 0 spiro atoms. The summed E-state index contributed by atoms with van der Waals surface area (Å²) in [6.45, 7) is 1.59. The van der Waals surface area contributed by atoms with Crippen LogP contribution >= 0.6 is 0 Å². The van der Waals surface area contributed by atoms with Crippen molar-refractivity contribution in [1.82, 2.24) is 10.3 Å². The number of aromatic nitrogens is 1. The van der Waals surface area contributed by atoms with Gasteiger partial charge < -0.3 is 14.5 Å². The van der Waals surface area contributed by atoms with E-state index in [-0.39, 0.29) is 5.91 Å². The molecule has 0 atom stereocenters. The van der Waals surface area contributed by atoms with Crippen molar-refractivity contribution in [3.63, 3.8) is 0 Å². The Morgan fingerprint density at radius 3 is 3.04 bits per heavy atom. The Kier molecular flexibility index (Phi) is 3.87. The highest BCUT2D eigenvalue weighted by Gasteiger charge is 2.22. The van der Waals surface area contributed by atoms with E-state index in [2.05, 4.69) is 16.4 Å². The van der Waals surface area contributed by atoms with E-state index in [1.807, 2.05) is 6.07 Å². The van der Waals surface area contributed by atoms with Gasteiger partial charge in [0.15, 0.2) is 5.76 Å². The second kappa shape index (κ2) is 6.16. The second-order valence-electron chi connectivity index (χ2n) is 6.17. The molecule has 0 radical (unpaired) electrons. The molecule has 5 heteroatoms. The predicted octanol–water partition coefficient (Wildman–Crippen LogP) is 2.56. The zero-order valence-electron chi connectivity index (χ0n) is 13.1. The highest BCUT2D eigenvalue weighted by atomic mass is 16.5. The van der Waals surface area contributed by atoms with Crippen molar-refractivity contribution in [3.8, 4) is 0 Å². The maximum atomic E-state index is 12.4. The molecule has 3 heterocycles. The average Bonchev–Trinajstić information content (AvgIpc) is 3.03. The van der Waals surface area contributed by atoms with Crippen LogP contribution in [0.4, 0.5) is 0 Å². The molecule has 0 saturated heterocycles. The molecule has 23 heavy (non-hydrogen) atoms. The molecule has 0 aromatic carbocycles. The summed E-state index contributed by atoms with van der Waals surface area (Å²) in [6.07, 6.45) is 6.97. The highest BCUT2D eigenvalue weighted by Crippen LogP contribution is 2.23. The third-order valence-corrected chi connectivity index (χ3v) is 4.61. The number of amides is 1. The number of aryl methyl sites for hydroxylation is 2. The predicted molar refractivity (Wildman–Crippen MR) is 84.1 cm³/mol. The van der Waals surface area contributed by atoms with E-state index >= 15 is 0 Å². The number of nitrogens with zero attached hydrogens (tertiary/aromatic N) is 1. The van der Waals surface area contributed by atoms with Gasteiger partial charge in [0, 0.05) is 23.2 Å². The number of ether oxygens (including phenoxy) is 1. The molecule has 5 nitrogen and oxygen atoms in total. The maximum absolute atomic E-state index is 12.4. The van der Waals surface area contributed by atoms with Gasteiger partial charge in [-0.25, -0.2) is 0 Å². The SMILES string of the molecule is O=C(NCc1ccc2c(n1)CCCC2)c1occ2c1CCOC2. The van der Waals surface area contributed by atoms with Crippen LogP contribution in [0, 0.1) is 0 Å². The van der Waals surface area contributed by atoms with Crippen molar-refractivity contribution in [2.45, 2.75) is 45.3 Å². The van der Waals surface area contributed by atoms with Crippen LogP contribution in [0.15, 0.2) is 22.8 Å². The smallest absolute Gasteiger partial charge is 0.287 e. The topological polar surface area (TPSA) is 64.4 Å². The average molecular weight is 312 g/mol. The molecule has 1 aliphatic carbocycles. The first kappa shape index (κ1) is 14.5. The molecular weight excluding hydrogens is 292 g/mol. The number of rotatable bonds is 3. The molecule has 0 bridgehead atoms. The van der Waals surface area contributed by atoms with Gasteiger partial charge in [0.05, 0.1) is 31.7 Å². The van der Waals surface area contributed by atoms with Crippen LogP contribution in [0.3, 0.4) is 0 Å². The van der Waals surface area contributed by atoms with Crippen molar-refractivity contribution in [1.29, 1.82) is 0 Å². The summed E-state index contributed by atoms with van der Waals surface area (Å²) in [5.41, 5.74) is 5.41. The van der Waals surface area contributed by atoms with Gasteiger partial charge in [0.25, 0.3) is 5.91 Å². The van der Waals surface area contributed by atoms with Gasteiger partial charge in [-0.2, -0.15) is 0 Å². The molecule has 2 aliphatic rings. The Morgan fingerprint density at radius 2 is 2.09 bits per heavy atom. The first-order chi connectivity index (χ1) is 11.3. The van der Waals surface area contributed by atoms with E-state index in [9.17, 15) is 4.79 Å². The number of carbonyl (C=O) groups is 1. The lowest BCUT2D eigenvalue weighted by molar-refractivity contribution is 0.0916. The quantitative estimate of drug-likeness (QED) is 0.946. The van der Waals surface area contributed by atoms with Crippen LogP contribution in [0.1, 0.15) is 51.5 Å². The molecule has 120 valence electrons. The molecule has 0 saturated carbocycles. The molecule has 0 fully saturated rings. The van der Waals surface area contributed by atoms with Gasteiger partial charge in [-0.05, 0) is 37.3 Å².